The maximum Gasteiger partial charge on any atom is 0.238 e. The number of sulfonamides is 1. The van der Waals surface area contributed by atoms with Crippen LogP contribution in [0, 0.1) is 20.8 Å². The molecule has 0 saturated carbocycles. The van der Waals surface area contributed by atoms with E-state index in [9.17, 15) is 8.42 Å². The zero-order valence-electron chi connectivity index (χ0n) is 13.8. The van der Waals surface area contributed by atoms with E-state index < -0.39 is 10.0 Å². The Labute approximate surface area is 137 Å². The lowest BCUT2D eigenvalue weighted by molar-refractivity contribution is 0.411. The van der Waals surface area contributed by atoms with Crippen molar-refractivity contribution in [2.75, 3.05) is 12.4 Å². The lowest BCUT2D eigenvalue weighted by Gasteiger charge is -2.14. The maximum absolute atomic E-state index is 11.6. The van der Waals surface area contributed by atoms with Gasteiger partial charge in [0.1, 0.15) is 5.75 Å². The summed E-state index contributed by atoms with van der Waals surface area (Å²) in [6, 6.07) is 9.13. The number of hydrogen-bond donors (Lipinski definition) is 2. The van der Waals surface area contributed by atoms with E-state index in [0.29, 0.717) is 6.54 Å². The number of nitrogens with two attached hydrogens (primary N) is 1. The van der Waals surface area contributed by atoms with Crippen LogP contribution in [0.15, 0.2) is 35.2 Å². The van der Waals surface area contributed by atoms with Gasteiger partial charge in [-0.15, -0.1) is 0 Å². The molecule has 0 spiro atoms. The molecule has 0 aliphatic heterocycles. The molecular formula is C17H22N2O3S. The first kappa shape index (κ1) is 17.3. The van der Waals surface area contributed by atoms with Crippen molar-refractivity contribution in [3.05, 3.63) is 52.6 Å². The van der Waals surface area contributed by atoms with Crippen LogP contribution in [0.3, 0.4) is 0 Å². The van der Waals surface area contributed by atoms with Crippen molar-refractivity contribution in [1.82, 2.24) is 0 Å². The summed E-state index contributed by atoms with van der Waals surface area (Å²) in [6.07, 6.45) is 0. The van der Waals surface area contributed by atoms with E-state index in [4.69, 9.17) is 9.88 Å². The van der Waals surface area contributed by atoms with E-state index in [1.807, 2.05) is 39.0 Å². The number of benzene rings is 2. The second kappa shape index (κ2) is 6.60. The Morgan fingerprint density at radius 1 is 1.09 bits per heavy atom. The Kier molecular flexibility index (Phi) is 4.97. The van der Waals surface area contributed by atoms with Gasteiger partial charge in [-0.25, -0.2) is 13.6 Å². The van der Waals surface area contributed by atoms with Crippen LogP contribution in [0.1, 0.15) is 22.3 Å². The predicted octanol–water partition coefficient (Wildman–Crippen LogP) is 2.88. The first-order valence-electron chi connectivity index (χ1n) is 7.24. The molecule has 3 N–H and O–H groups in total. The lowest BCUT2D eigenvalue weighted by atomic mass is 10.1. The summed E-state index contributed by atoms with van der Waals surface area (Å²) in [5.74, 6) is 0.829. The molecule has 0 amide bonds. The molecule has 0 aliphatic rings. The van der Waals surface area contributed by atoms with Gasteiger partial charge in [0.15, 0.2) is 0 Å². The van der Waals surface area contributed by atoms with Crippen LogP contribution in [0.4, 0.5) is 5.69 Å². The number of methoxy groups -OCH3 is 1. The average Bonchev–Trinajstić information content (AvgIpc) is 2.48. The predicted molar refractivity (Wildman–Crippen MR) is 92.3 cm³/mol. The first-order chi connectivity index (χ1) is 10.7. The molecule has 2 rings (SSSR count). The number of primary sulfonamides is 1. The molecule has 0 saturated heterocycles. The Morgan fingerprint density at radius 3 is 2.39 bits per heavy atom. The number of aryl methyl sites for hydroxylation is 2. The molecule has 0 heterocycles. The zero-order chi connectivity index (χ0) is 17.2. The van der Waals surface area contributed by atoms with Crippen LogP contribution >= 0.6 is 0 Å². The molecule has 124 valence electrons. The fourth-order valence-electron chi connectivity index (χ4n) is 2.35. The van der Waals surface area contributed by atoms with Gasteiger partial charge in [0.25, 0.3) is 0 Å². The second-order valence-electron chi connectivity index (χ2n) is 5.62. The summed E-state index contributed by atoms with van der Waals surface area (Å²) in [4.78, 5) is 0.115. The molecule has 0 unspecified atom stereocenters. The van der Waals surface area contributed by atoms with E-state index in [1.54, 1.807) is 19.2 Å². The minimum Gasteiger partial charge on any atom is -0.496 e. The minimum atomic E-state index is -3.72. The fraction of sp³-hybridized carbons (Fsp3) is 0.294. The van der Waals surface area contributed by atoms with Crippen LogP contribution in [0.2, 0.25) is 0 Å². The molecule has 0 atom stereocenters. The molecule has 0 radical (unpaired) electrons. The van der Waals surface area contributed by atoms with Crippen molar-refractivity contribution < 1.29 is 13.2 Å². The largest absolute Gasteiger partial charge is 0.496 e. The summed E-state index contributed by atoms with van der Waals surface area (Å²) < 4.78 is 28.5. The third-order valence-corrected chi connectivity index (χ3v) is 4.82. The quantitative estimate of drug-likeness (QED) is 0.881. The number of anilines is 1. The third kappa shape index (κ3) is 4.03. The van der Waals surface area contributed by atoms with Crippen molar-refractivity contribution >= 4 is 15.7 Å². The van der Waals surface area contributed by atoms with Crippen LogP contribution in [-0.2, 0) is 16.6 Å². The van der Waals surface area contributed by atoms with Crippen molar-refractivity contribution in [3.63, 3.8) is 0 Å². The van der Waals surface area contributed by atoms with Gasteiger partial charge in [0, 0.05) is 12.2 Å². The summed E-state index contributed by atoms with van der Waals surface area (Å²) in [5, 5.41) is 8.51. The van der Waals surface area contributed by atoms with Crippen LogP contribution < -0.4 is 15.2 Å². The highest BCUT2D eigenvalue weighted by atomic mass is 32.2. The Bertz CT molecular complexity index is 830. The van der Waals surface area contributed by atoms with Gasteiger partial charge in [-0.3, -0.25) is 0 Å². The first-order valence-corrected chi connectivity index (χ1v) is 8.78. The van der Waals surface area contributed by atoms with Gasteiger partial charge < -0.3 is 10.1 Å². The number of rotatable bonds is 5. The number of ether oxygens (including phenoxy) is 1. The SMILES string of the molecule is COc1cc(CNc2cc(S(N)(=O)=O)cc(C)c2C)ccc1C. The summed E-state index contributed by atoms with van der Waals surface area (Å²) in [5.41, 5.74) is 4.75. The maximum atomic E-state index is 11.6. The van der Waals surface area contributed by atoms with Crippen molar-refractivity contribution in [3.8, 4) is 5.75 Å². The van der Waals surface area contributed by atoms with Crippen molar-refractivity contribution in [2.24, 2.45) is 5.14 Å². The van der Waals surface area contributed by atoms with E-state index in [1.165, 1.54) is 0 Å². The highest BCUT2D eigenvalue weighted by molar-refractivity contribution is 7.89. The highest BCUT2D eigenvalue weighted by Crippen LogP contribution is 2.25. The number of hydrogen-bond acceptors (Lipinski definition) is 4. The molecule has 0 aromatic heterocycles. The van der Waals surface area contributed by atoms with Gasteiger partial charge in [0.2, 0.25) is 10.0 Å². The Morgan fingerprint density at radius 2 is 1.78 bits per heavy atom. The van der Waals surface area contributed by atoms with Crippen molar-refractivity contribution in [2.45, 2.75) is 32.2 Å². The molecule has 0 aliphatic carbocycles. The van der Waals surface area contributed by atoms with Gasteiger partial charge in [-0.1, -0.05) is 12.1 Å². The molecule has 2 aromatic rings. The normalized spacial score (nSPS) is 11.3. The van der Waals surface area contributed by atoms with Crippen molar-refractivity contribution in [1.29, 1.82) is 0 Å². The second-order valence-corrected chi connectivity index (χ2v) is 7.18. The zero-order valence-corrected chi connectivity index (χ0v) is 14.6. The molecule has 0 fully saturated rings. The smallest absolute Gasteiger partial charge is 0.238 e. The van der Waals surface area contributed by atoms with E-state index in [2.05, 4.69) is 5.32 Å². The fourth-order valence-corrected chi connectivity index (χ4v) is 2.97. The molecule has 6 heteroatoms. The molecular weight excluding hydrogens is 312 g/mol. The van der Waals surface area contributed by atoms with Gasteiger partial charge in [-0.05, 0) is 61.2 Å². The highest BCUT2D eigenvalue weighted by Gasteiger charge is 2.12. The molecule has 5 nitrogen and oxygen atoms in total. The van der Waals surface area contributed by atoms with Gasteiger partial charge >= 0.3 is 0 Å². The standard InChI is InChI=1S/C17H22N2O3S/c1-11-5-6-14(8-17(11)22-4)10-19-16-9-15(23(18,20)21)7-12(2)13(16)3/h5-9,19H,10H2,1-4H3,(H2,18,20,21). The summed E-state index contributed by atoms with van der Waals surface area (Å²) in [6.45, 7) is 6.36. The third-order valence-electron chi connectivity index (χ3n) is 3.92. The lowest BCUT2D eigenvalue weighted by Crippen LogP contribution is -2.13. The summed E-state index contributed by atoms with van der Waals surface area (Å²) >= 11 is 0. The van der Waals surface area contributed by atoms with E-state index in [-0.39, 0.29) is 4.90 Å². The van der Waals surface area contributed by atoms with Gasteiger partial charge in [0.05, 0.1) is 12.0 Å². The average molecular weight is 334 g/mol. The van der Waals surface area contributed by atoms with Gasteiger partial charge in [-0.2, -0.15) is 0 Å². The Hall–Kier alpha value is -2.05. The monoisotopic (exact) mass is 334 g/mol. The van der Waals surface area contributed by atoms with Crippen LogP contribution in [-0.4, -0.2) is 15.5 Å². The topological polar surface area (TPSA) is 81.4 Å². The van der Waals surface area contributed by atoms with E-state index in [0.717, 1.165) is 33.7 Å². The molecule has 0 bridgehead atoms. The minimum absolute atomic E-state index is 0.115. The number of nitrogens with one attached hydrogen (secondary N) is 1. The van der Waals surface area contributed by atoms with Crippen LogP contribution in [0.25, 0.3) is 0 Å². The Balaban J connectivity index is 2.28. The molecule has 2 aromatic carbocycles. The van der Waals surface area contributed by atoms with E-state index >= 15 is 0 Å². The summed E-state index contributed by atoms with van der Waals surface area (Å²) in [7, 11) is -2.08. The molecule has 23 heavy (non-hydrogen) atoms. The van der Waals surface area contributed by atoms with Crippen LogP contribution in [0.5, 0.6) is 5.75 Å².